The van der Waals surface area contributed by atoms with Crippen molar-refractivity contribution in [3.63, 3.8) is 0 Å². The molecule has 0 spiro atoms. The number of ether oxygens (including phenoxy) is 2. The quantitative estimate of drug-likeness (QED) is 0.761. The molecule has 1 amide bonds. The first kappa shape index (κ1) is 23.2. The van der Waals surface area contributed by atoms with Gasteiger partial charge in [0, 0.05) is 18.0 Å². The van der Waals surface area contributed by atoms with Gasteiger partial charge in [0.1, 0.15) is 18.4 Å². The van der Waals surface area contributed by atoms with Crippen molar-refractivity contribution in [2.45, 2.75) is 69.9 Å². The summed E-state index contributed by atoms with van der Waals surface area (Å²) in [6.45, 7) is 4.35. The molecule has 3 unspecified atom stereocenters. The number of alkyl carbamates (subject to hydrolysis) is 1. The van der Waals surface area contributed by atoms with E-state index in [1.807, 2.05) is 0 Å². The number of hydrogen-bond acceptors (Lipinski definition) is 4. The van der Waals surface area contributed by atoms with Crippen molar-refractivity contribution in [1.29, 1.82) is 0 Å². The Hall–Kier alpha value is -1.80. The molecular weight excluding hydrogens is 361 g/mol. The molecule has 1 saturated carbocycles. The molecule has 5 nitrogen and oxygen atoms in total. The fraction of sp³-hybridized carbons (Fsp3) is 0.632. The smallest absolute Gasteiger partial charge is 0.407 e. The van der Waals surface area contributed by atoms with Crippen LogP contribution in [0.5, 0.6) is 0 Å². The maximum absolute atomic E-state index is 14.3. The van der Waals surface area contributed by atoms with Crippen molar-refractivity contribution in [3.05, 3.63) is 35.9 Å². The number of halogens is 3. The molecule has 154 valence electrons. The Morgan fingerprint density at radius 1 is 1.19 bits per heavy atom. The van der Waals surface area contributed by atoms with Gasteiger partial charge in [0.05, 0.1) is 6.10 Å². The Morgan fingerprint density at radius 3 is 2.37 bits per heavy atom. The molecule has 0 aliphatic heterocycles. The highest BCUT2D eigenvalue weighted by molar-refractivity contribution is 5.68. The summed E-state index contributed by atoms with van der Waals surface area (Å²) in [7, 11) is 0. The van der Waals surface area contributed by atoms with Crippen LogP contribution in [0.25, 0.3) is 0 Å². The van der Waals surface area contributed by atoms with Crippen molar-refractivity contribution in [3.8, 4) is 0 Å². The zero-order valence-electron chi connectivity index (χ0n) is 16.0. The highest BCUT2D eigenvalue weighted by Crippen LogP contribution is 2.31. The fourth-order valence-corrected chi connectivity index (χ4v) is 2.86. The van der Waals surface area contributed by atoms with E-state index in [1.54, 1.807) is 26.8 Å². The van der Waals surface area contributed by atoms with Gasteiger partial charge in [-0.25, -0.2) is 9.18 Å². The monoisotopic (exact) mass is 390 g/mol. The average Bonchev–Trinajstić information content (AvgIpc) is 2.53. The van der Waals surface area contributed by atoms with Crippen LogP contribution in [0.4, 0.5) is 18.0 Å². The first-order chi connectivity index (χ1) is 12.1. The predicted molar refractivity (Wildman–Crippen MR) is 97.0 cm³/mol. The van der Waals surface area contributed by atoms with E-state index < -0.39 is 42.5 Å². The van der Waals surface area contributed by atoms with E-state index in [1.165, 1.54) is 24.3 Å². The number of alkyl halides is 3. The molecule has 1 aromatic carbocycles. The first-order valence-electron chi connectivity index (χ1n) is 8.75. The summed E-state index contributed by atoms with van der Waals surface area (Å²) in [5.41, 5.74) is -0.793. The molecule has 0 radical (unpaired) electrons. The molecule has 8 heteroatoms. The minimum atomic E-state index is -3.17. The first-order valence-corrected chi connectivity index (χ1v) is 8.75. The molecule has 1 aliphatic rings. The molecule has 0 bridgehead atoms. The summed E-state index contributed by atoms with van der Waals surface area (Å²) < 4.78 is 52.9. The normalized spacial score (nSPS) is 23.3. The van der Waals surface area contributed by atoms with Gasteiger partial charge in [-0.1, -0.05) is 30.3 Å². The van der Waals surface area contributed by atoms with Crippen molar-refractivity contribution in [2.75, 3.05) is 6.61 Å². The number of rotatable bonds is 5. The summed E-state index contributed by atoms with van der Waals surface area (Å²) in [5.74, 6) is -3.17. The highest BCUT2D eigenvalue weighted by atomic mass is 19.3. The molecule has 3 atom stereocenters. The van der Waals surface area contributed by atoms with E-state index in [0.29, 0.717) is 6.42 Å². The summed E-state index contributed by atoms with van der Waals surface area (Å²) in [5, 5.41) is 2.62. The van der Waals surface area contributed by atoms with Gasteiger partial charge in [0.15, 0.2) is 0 Å². The zero-order valence-corrected chi connectivity index (χ0v) is 16.0. The summed E-state index contributed by atoms with van der Waals surface area (Å²) >= 11 is 0. The van der Waals surface area contributed by atoms with Gasteiger partial charge in [-0.3, -0.25) is 0 Å². The molecule has 0 saturated heterocycles. The van der Waals surface area contributed by atoms with E-state index in [9.17, 15) is 18.0 Å². The maximum atomic E-state index is 14.3. The van der Waals surface area contributed by atoms with Crippen LogP contribution in [0.2, 0.25) is 0 Å². The van der Waals surface area contributed by atoms with E-state index in [4.69, 9.17) is 9.47 Å². The van der Waals surface area contributed by atoms with Crippen LogP contribution in [0, 0.1) is 0 Å². The number of carbonyl (C=O) groups excluding carboxylic acids is 1. The lowest BCUT2D eigenvalue weighted by Crippen LogP contribution is -2.46. The third-order valence-corrected chi connectivity index (χ3v) is 4.11. The molecule has 1 aromatic rings. The van der Waals surface area contributed by atoms with Gasteiger partial charge in [-0.2, -0.15) is 8.78 Å². The SMILES string of the molecule is CC(C)(C)OC(=O)NC1CCC(OCC(F)(F)c2ccccc2)C(F)C1.N. The lowest BCUT2D eigenvalue weighted by molar-refractivity contribution is -0.127. The Labute approximate surface area is 158 Å². The topological polar surface area (TPSA) is 82.6 Å². The molecule has 2 rings (SSSR count). The Bertz CT molecular complexity index is 594. The average molecular weight is 390 g/mol. The van der Waals surface area contributed by atoms with Crippen LogP contribution in [-0.4, -0.2) is 36.6 Å². The maximum Gasteiger partial charge on any atom is 0.407 e. The Kier molecular flexibility index (Phi) is 8.10. The highest BCUT2D eigenvalue weighted by Gasteiger charge is 2.37. The second kappa shape index (κ2) is 9.41. The molecular formula is C19H29F3N2O3. The van der Waals surface area contributed by atoms with Crippen molar-refractivity contribution < 1.29 is 27.4 Å². The molecule has 4 N–H and O–H groups in total. The number of nitrogens with one attached hydrogen (secondary N) is 1. The molecule has 0 aromatic heterocycles. The third-order valence-electron chi connectivity index (χ3n) is 4.11. The molecule has 1 aliphatic carbocycles. The van der Waals surface area contributed by atoms with Gasteiger partial charge in [0.2, 0.25) is 0 Å². The summed E-state index contributed by atoms with van der Waals surface area (Å²) in [6, 6.07) is 6.94. The Balaban J connectivity index is 0.00000364. The second-order valence-corrected chi connectivity index (χ2v) is 7.59. The molecule has 1 fully saturated rings. The van der Waals surface area contributed by atoms with Gasteiger partial charge in [0.25, 0.3) is 5.92 Å². The number of hydrogen-bond donors (Lipinski definition) is 2. The standard InChI is InChI=1S/C19H26F3NO3.H3N/c1-18(2,3)26-17(24)23-14-9-10-16(15(20)11-14)25-12-19(21,22)13-7-5-4-6-8-13;/h4-8,14-16H,9-12H2,1-3H3,(H,23,24);1H3. The van der Waals surface area contributed by atoms with Crippen molar-refractivity contribution in [1.82, 2.24) is 11.5 Å². The largest absolute Gasteiger partial charge is 0.444 e. The number of benzene rings is 1. The number of amides is 1. The van der Waals surface area contributed by atoms with Gasteiger partial charge < -0.3 is 20.9 Å². The predicted octanol–water partition coefficient (Wildman–Crippen LogP) is 4.74. The Morgan fingerprint density at radius 2 is 1.81 bits per heavy atom. The minimum absolute atomic E-state index is 0. The van der Waals surface area contributed by atoms with E-state index in [0.717, 1.165) is 0 Å². The van der Waals surface area contributed by atoms with Gasteiger partial charge in [-0.15, -0.1) is 0 Å². The molecule has 0 heterocycles. The van der Waals surface area contributed by atoms with Crippen LogP contribution >= 0.6 is 0 Å². The van der Waals surface area contributed by atoms with Crippen LogP contribution in [-0.2, 0) is 15.4 Å². The molecule has 27 heavy (non-hydrogen) atoms. The van der Waals surface area contributed by atoms with Crippen molar-refractivity contribution >= 4 is 6.09 Å². The summed E-state index contributed by atoms with van der Waals surface area (Å²) in [6.07, 6.45) is -2.21. The lowest BCUT2D eigenvalue weighted by Gasteiger charge is -2.33. The van der Waals surface area contributed by atoms with Crippen LogP contribution < -0.4 is 11.5 Å². The van der Waals surface area contributed by atoms with Crippen molar-refractivity contribution in [2.24, 2.45) is 0 Å². The van der Waals surface area contributed by atoms with E-state index in [2.05, 4.69) is 5.32 Å². The third kappa shape index (κ3) is 7.38. The fourth-order valence-electron chi connectivity index (χ4n) is 2.86. The summed E-state index contributed by atoms with van der Waals surface area (Å²) in [4.78, 5) is 11.7. The van der Waals surface area contributed by atoms with Crippen LogP contribution in [0.15, 0.2) is 30.3 Å². The van der Waals surface area contributed by atoms with Crippen LogP contribution in [0.1, 0.15) is 45.6 Å². The minimum Gasteiger partial charge on any atom is -0.444 e. The number of carbonyl (C=O) groups is 1. The van der Waals surface area contributed by atoms with E-state index in [-0.39, 0.29) is 24.6 Å². The van der Waals surface area contributed by atoms with Gasteiger partial charge >= 0.3 is 6.09 Å². The lowest BCUT2D eigenvalue weighted by atomic mass is 9.91. The van der Waals surface area contributed by atoms with Gasteiger partial charge in [-0.05, 0) is 33.6 Å². The van der Waals surface area contributed by atoms with E-state index >= 15 is 0 Å². The zero-order chi connectivity index (χ0) is 19.4. The van der Waals surface area contributed by atoms with Crippen LogP contribution in [0.3, 0.4) is 0 Å². The second-order valence-electron chi connectivity index (χ2n) is 7.59.